The van der Waals surface area contributed by atoms with Gasteiger partial charge in [0.25, 0.3) is 0 Å². The van der Waals surface area contributed by atoms with Crippen molar-refractivity contribution in [1.82, 2.24) is 9.97 Å². The monoisotopic (exact) mass is 574 g/mol. The van der Waals surface area contributed by atoms with E-state index in [-0.39, 0.29) is 36.9 Å². The van der Waals surface area contributed by atoms with Gasteiger partial charge in [-0.2, -0.15) is 5.26 Å². The second-order valence-corrected chi connectivity index (χ2v) is 11.1. The van der Waals surface area contributed by atoms with E-state index >= 15 is 0 Å². The molecule has 1 aromatic carbocycles. The van der Waals surface area contributed by atoms with Gasteiger partial charge in [0.15, 0.2) is 0 Å². The number of carbonyl (C=O) groups is 3. The summed E-state index contributed by atoms with van der Waals surface area (Å²) in [6.07, 6.45) is 1.29. The first kappa shape index (κ1) is 28.4. The molecule has 1 fully saturated rings. The number of benzene rings is 1. The van der Waals surface area contributed by atoms with Crippen LogP contribution in [0, 0.1) is 24.2 Å². The first-order chi connectivity index (χ1) is 19.9. The predicted octanol–water partition coefficient (Wildman–Crippen LogP) is 5.68. The first-order valence-corrected chi connectivity index (χ1v) is 13.4. The molecule has 1 saturated carbocycles. The molecule has 42 heavy (non-hydrogen) atoms. The van der Waals surface area contributed by atoms with E-state index in [1.165, 1.54) is 11.1 Å². The van der Waals surface area contributed by atoms with Gasteiger partial charge in [0, 0.05) is 36.2 Å². The number of aromatic nitrogens is 2. The van der Waals surface area contributed by atoms with Crippen LogP contribution < -0.4 is 20.3 Å². The molecule has 3 heterocycles. The largest absolute Gasteiger partial charge is 0.474 e. The Labute approximate surface area is 241 Å². The van der Waals surface area contributed by atoms with Crippen molar-refractivity contribution in [2.45, 2.75) is 52.2 Å². The highest BCUT2D eigenvalue weighted by atomic mass is 16.6. The Morgan fingerprint density at radius 1 is 1.12 bits per heavy atom. The van der Waals surface area contributed by atoms with E-state index in [1.54, 1.807) is 46.0 Å². The van der Waals surface area contributed by atoms with Crippen LogP contribution in [0.1, 0.15) is 39.2 Å². The zero-order valence-corrected chi connectivity index (χ0v) is 23.6. The van der Waals surface area contributed by atoms with Gasteiger partial charge >= 0.3 is 18.3 Å². The molecule has 2 aliphatic rings. The number of anilines is 3. The van der Waals surface area contributed by atoms with Crippen LogP contribution in [0.3, 0.4) is 0 Å². The van der Waals surface area contributed by atoms with Crippen molar-refractivity contribution >= 4 is 46.2 Å². The van der Waals surface area contributed by atoms with Crippen molar-refractivity contribution in [1.29, 1.82) is 5.26 Å². The number of hydrogen-bond acceptors (Lipinski definition) is 9. The molecule has 218 valence electrons. The minimum absolute atomic E-state index is 0.105. The fourth-order valence-electron chi connectivity index (χ4n) is 4.87. The number of carbonyl (C=O) groups excluding carboxylic acids is 2. The van der Waals surface area contributed by atoms with Crippen LogP contribution >= 0.6 is 0 Å². The fourth-order valence-corrected chi connectivity index (χ4v) is 4.87. The summed E-state index contributed by atoms with van der Waals surface area (Å²) in [5.74, 6) is 0.334. The zero-order valence-electron chi connectivity index (χ0n) is 23.6. The van der Waals surface area contributed by atoms with Gasteiger partial charge < -0.3 is 19.3 Å². The number of fused-ring (bicyclic) bond motifs is 2. The molecular weight excluding hydrogens is 544 g/mol. The van der Waals surface area contributed by atoms with Crippen molar-refractivity contribution in [3.63, 3.8) is 0 Å². The number of nitrogens with zero attached hydrogens (tertiary/aromatic N) is 4. The topological polar surface area (TPSA) is 176 Å². The molecule has 0 atom stereocenters. The van der Waals surface area contributed by atoms with E-state index in [2.05, 4.69) is 26.7 Å². The molecule has 0 bridgehead atoms. The summed E-state index contributed by atoms with van der Waals surface area (Å²) < 4.78 is 16.4. The zero-order chi connectivity index (χ0) is 30.2. The van der Waals surface area contributed by atoms with E-state index in [0.717, 1.165) is 0 Å². The standard InChI is InChI=1S/C29H30N6O7/c1-15-20(13-32-25-24(15)35(28(38)39)5-6-40-25)17-9-18-11-23(34-26(36)41-19-7-16(8-19)12-30)31-14-21(18)22(10-17)33-27(37)42-29(2,3)4/h9-11,13-14,16,19H,5-8H2,1-4H3,(H,33,37)(H,38,39)(H,31,34,36)/t16-,19+. The highest BCUT2D eigenvalue weighted by Gasteiger charge is 2.32. The molecule has 3 amide bonds. The summed E-state index contributed by atoms with van der Waals surface area (Å²) >= 11 is 0. The van der Waals surface area contributed by atoms with Gasteiger partial charge in [-0.1, -0.05) is 0 Å². The van der Waals surface area contributed by atoms with Crippen LogP contribution in [0.4, 0.5) is 31.6 Å². The number of hydrogen-bond donors (Lipinski definition) is 3. The molecule has 0 unspecified atom stereocenters. The number of ether oxygens (including phenoxy) is 3. The minimum Gasteiger partial charge on any atom is -0.474 e. The normalized spacial score (nSPS) is 17.6. The minimum atomic E-state index is -1.12. The predicted molar refractivity (Wildman–Crippen MR) is 153 cm³/mol. The fraction of sp³-hybridized carbons (Fsp3) is 0.379. The molecule has 1 aliphatic heterocycles. The van der Waals surface area contributed by atoms with Gasteiger partial charge in [0.2, 0.25) is 5.88 Å². The van der Waals surface area contributed by atoms with Gasteiger partial charge in [-0.05, 0) is 62.4 Å². The first-order valence-electron chi connectivity index (χ1n) is 13.4. The summed E-state index contributed by atoms with van der Waals surface area (Å²) in [5.41, 5.74) is 1.86. The lowest BCUT2D eigenvalue weighted by molar-refractivity contribution is 0.0417. The molecule has 0 saturated heterocycles. The van der Waals surface area contributed by atoms with E-state index in [9.17, 15) is 19.5 Å². The van der Waals surface area contributed by atoms with Gasteiger partial charge in [-0.15, -0.1) is 0 Å². The molecule has 3 aromatic rings. The average Bonchev–Trinajstić information content (AvgIpc) is 2.89. The lowest BCUT2D eigenvalue weighted by atomic mass is 9.84. The Morgan fingerprint density at radius 2 is 1.88 bits per heavy atom. The van der Waals surface area contributed by atoms with Crippen molar-refractivity contribution in [2.75, 3.05) is 28.7 Å². The van der Waals surface area contributed by atoms with Crippen molar-refractivity contribution in [3.05, 3.63) is 36.2 Å². The Kier molecular flexibility index (Phi) is 7.47. The summed E-state index contributed by atoms with van der Waals surface area (Å²) in [6, 6.07) is 7.33. The average molecular weight is 575 g/mol. The molecule has 13 nitrogen and oxygen atoms in total. The Morgan fingerprint density at radius 3 is 2.57 bits per heavy atom. The molecule has 0 radical (unpaired) electrons. The molecule has 3 N–H and O–H groups in total. The SMILES string of the molecule is Cc1c(-c2cc(NC(=O)OC(C)(C)C)c3cnc(NC(=O)O[C@H]4C[C@@H](C#N)C4)cc3c2)cnc2c1N(C(=O)O)CCO2. The van der Waals surface area contributed by atoms with Gasteiger partial charge in [0.1, 0.15) is 29.8 Å². The molecule has 2 aromatic heterocycles. The number of nitriles is 1. The number of carboxylic acid groups (broad SMARTS) is 1. The van der Waals surface area contributed by atoms with Gasteiger partial charge in [0.05, 0.1) is 24.2 Å². The molecule has 5 rings (SSSR count). The maximum atomic E-state index is 12.7. The quantitative estimate of drug-likeness (QED) is 0.351. The van der Waals surface area contributed by atoms with Gasteiger partial charge in [-0.25, -0.2) is 24.4 Å². The highest BCUT2D eigenvalue weighted by Crippen LogP contribution is 2.40. The van der Waals surface area contributed by atoms with Gasteiger partial charge in [-0.3, -0.25) is 15.5 Å². The van der Waals surface area contributed by atoms with E-state index < -0.39 is 23.9 Å². The van der Waals surface area contributed by atoms with Crippen molar-refractivity contribution in [2.24, 2.45) is 5.92 Å². The van der Waals surface area contributed by atoms with Crippen LogP contribution in [0.15, 0.2) is 30.6 Å². The summed E-state index contributed by atoms with van der Waals surface area (Å²) in [6.45, 7) is 7.38. The van der Waals surface area contributed by atoms with E-state index in [1.807, 2.05) is 6.07 Å². The lowest BCUT2D eigenvalue weighted by Crippen LogP contribution is -2.37. The number of nitrogens with one attached hydrogen (secondary N) is 2. The van der Waals surface area contributed by atoms with Crippen molar-refractivity contribution < 1.29 is 33.7 Å². The summed E-state index contributed by atoms with van der Waals surface area (Å²) in [4.78, 5) is 47.0. The summed E-state index contributed by atoms with van der Waals surface area (Å²) in [5, 5.41) is 25.3. The molecule has 0 spiro atoms. The number of rotatable bonds is 4. The third-order valence-electron chi connectivity index (χ3n) is 6.89. The third-order valence-corrected chi connectivity index (χ3v) is 6.89. The third kappa shape index (κ3) is 5.97. The van der Waals surface area contributed by atoms with Crippen LogP contribution in [0.2, 0.25) is 0 Å². The van der Waals surface area contributed by atoms with Crippen LogP contribution in [-0.4, -0.2) is 58.2 Å². The molecule has 1 aliphatic carbocycles. The van der Waals surface area contributed by atoms with E-state index in [0.29, 0.717) is 51.7 Å². The van der Waals surface area contributed by atoms with Crippen LogP contribution in [0.5, 0.6) is 5.88 Å². The number of amides is 3. The maximum absolute atomic E-state index is 12.7. The van der Waals surface area contributed by atoms with Crippen molar-refractivity contribution in [3.8, 4) is 23.1 Å². The Hall–Kier alpha value is -5.12. The summed E-state index contributed by atoms with van der Waals surface area (Å²) in [7, 11) is 0. The molecule has 13 heteroatoms. The number of pyridine rings is 2. The van der Waals surface area contributed by atoms with E-state index in [4.69, 9.17) is 19.5 Å². The second-order valence-electron chi connectivity index (χ2n) is 11.1. The molecular formula is C29H30N6O7. The Bertz CT molecular complexity index is 1620. The second kappa shape index (κ2) is 11.0. The maximum Gasteiger partial charge on any atom is 0.413 e. The van der Waals surface area contributed by atoms with Crippen LogP contribution in [0.25, 0.3) is 21.9 Å². The lowest BCUT2D eigenvalue weighted by Gasteiger charge is -2.29. The smallest absolute Gasteiger partial charge is 0.413 e. The van der Waals surface area contributed by atoms with Crippen LogP contribution in [-0.2, 0) is 9.47 Å². The highest BCUT2D eigenvalue weighted by molar-refractivity contribution is 6.04. The Balaban J connectivity index is 1.53.